The van der Waals surface area contributed by atoms with Crippen LogP contribution in [0.2, 0.25) is 0 Å². The number of benzene rings is 1. The van der Waals surface area contributed by atoms with E-state index < -0.39 is 0 Å². The van der Waals surface area contributed by atoms with Crippen LogP contribution < -0.4 is 5.06 Å². The van der Waals surface area contributed by atoms with E-state index in [4.69, 9.17) is 0 Å². The number of carbonyl (C=O) groups is 1. The fourth-order valence-corrected chi connectivity index (χ4v) is 1.49. The van der Waals surface area contributed by atoms with Crippen molar-refractivity contribution in [1.82, 2.24) is 0 Å². The van der Waals surface area contributed by atoms with E-state index in [0.29, 0.717) is 5.69 Å². The van der Waals surface area contributed by atoms with Gasteiger partial charge in [0.15, 0.2) is 0 Å². The first-order valence-corrected chi connectivity index (χ1v) is 5.85. The number of nitrogens with zero attached hydrogens (tertiary/aromatic N) is 1. The van der Waals surface area contributed by atoms with Gasteiger partial charge >= 0.3 is 5.97 Å². The van der Waals surface area contributed by atoms with Gasteiger partial charge in [0, 0.05) is 0 Å². The van der Waals surface area contributed by atoms with E-state index >= 15 is 0 Å². The summed E-state index contributed by atoms with van der Waals surface area (Å²) in [6.45, 7) is 3.59. The lowest BCUT2D eigenvalue weighted by Crippen LogP contribution is -2.27. The number of para-hydroxylation sites is 1. The summed E-state index contributed by atoms with van der Waals surface area (Å²) in [5.41, 5.74) is 0.709. The number of carbonyl (C=O) groups excluding carboxylic acids is 1. The average Bonchev–Trinajstić information content (AvgIpc) is 2.43. The molecular weight excluding hydrogens is 230 g/mol. The Labute approximate surface area is 107 Å². The van der Waals surface area contributed by atoms with E-state index in [1.54, 1.807) is 19.1 Å². The van der Waals surface area contributed by atoms with Crippen LogP contribution in [-0.2, 0) is 9.53 Å². The first-order valence-electron chi connectivity index (χ1n) is 5.85. The number of anilines is 1. The summed E-state index contributed by atoms with van der Waals surface area (Å²) in [6.07, 6.45) is 3.50. The predicted octanol–water partition coefficient (Wildman–Crippen LogP) is 2.64. The zero-order valence-electron chi connectivity index (χ0n) is 10.9. The van der Waals surface area contributed by atoms with Crippen LogP contribution in [0.5, 0.6) is 0 Å². The molecule has 0 saturated carbocycles. The lowest BCUT2D eigenvalue weighted by atomic mass is 10.1. The van der Waals surface area contributed by atoms with E-state index in [0.717, 1.165) is 5.06 Å². The van der Waals surface area contributed by atoms with Gasteiger partial charge in [0.05, 0.1) is 24.8 Å². The van der Waals surface area contributed by atoms with Crippen molar-refractivity contribution in [3.05, 3.63) is 42.5 Å². The topological polar surface area (TPSA) is 49.8 Å². The molecule has 0 aromatic heterocycles. The fourth-order valence-electron chi connectivity index (χ4n) is 1.49. The van der Waals surface area contributed by atoms with Crippen LogP contribution in [0.3, 0.4) is 0 Å². The third kappa shape index (κ3) is 3.89. The van der Waals surface area contributed by atoms with Crippen molar-refractivity contribution in [1.29, 1.82) is 0 Å². The van der Waals surface area contributed by atoms with Crippen molar-refractivity contribution < 1.29 is 14.7 Å². The van der Waals surface area contributed by atoms with Crippen LogP contribution in [0.25, 0.3) is 0 Å². The Morgan fingerprint density at radius 2 is 1.89 bits per heavy atom. The third-order valence-corrected chi connectivity index (χ3v) is 2.66. The van der Waals surface area contributed by atoms with Gasteiger partial charge in [-0.25, -0.2) is 0 Å². The number of methoxy groups -OCH3 is 1. The zero-order chi connectivity index (χ0) is 13.5. The minimum absolute atomic E-state index is 0.223. The molecule has 1 aromatic rings. The number of ether oxygens (including phenoxy) is 1. The fraction of sp³-hybridized carbons (Fsp3) is 0.357. The molecule has 0 fully saturated rings. The van der Waals surface area contributed by atoms with E-state index in [2.05, 4.69) is 4.74 Å². The van der Waals surface area contributed by atoms with E-state index in [9.17, 15) is 10.0 Å². The average molecular weight is 249 g/mol. The minimum Gasteiger partial charge on any atom is -0.469 e. The van der Waals surface area contributed by atoms with Gasteiger partial charge in [0.25, 0.3) is 0 Å². The Kier molecular flexibility index (Phi) is 5.39. The normalized spacial score (nSPS) is 14.2. The molecule has 0 amide bonds. The molecule has 0 spiro atoms. The monoisotopic (exact) mass is 249 g/mol. The summed E-state index contributed by atoms with van der Waals surface area (Å²) in [7, 11) is 1.36. The predicted molar refractivity (Wildman–Crippen MR) is 70.5 cm³/mol. The largest absolute Gasteiger partial charge is 0.469 e. The summed E-state index contributed by atoms with van der Waals surface area (Å²) in [5.74, 6) is -0.607. The molecule has 0 radical (unpaired) electrons. The maximum atomic E-state index is 11.2. The maximum absolute atomic E-state index is 11.2. The molecule has 2 atom stereocenters. The van der Waals surface area contributed by atoms with Crippen LogP contribution in [0.1, 0.15) is 13.8 Å². The molecule has 0 saturated heterocycles. The number of hydrogen-bond donors (Lipinski definition) is 1. The Morgan fingerprint density at radius 1 is 1.28 bits per heavy atom. The highest BCUT2D eigenvalue weighted by molar-refractivity contribution is 5.73. The minimum atomic E-state index is -0.318. The quantitative estimate of drug-likeness (QED) is 0.495. The lowest BCUT2D eigenvalue weighted by molar-refractivity contribution is -0.143. The van der Waals surface area contributed by atoms with Crippen LogP contribution >= 0.6 is 0 Å². The zero-order valence-corrected chi connectivity index (χ0v) is 10.9. The second-order valence-electron chi connectivity index (χ2n) is 4.12. The van der Waals surface area contributed by atoms with Gasteiger partial charge in [-0.15, -0.1) is 0 Å². The number of esters is 1. The van der Waals surface area contributed by atoms with Crippen LogP contribution in [0.4, 0.5) is 5.69 Å². The first kappa shape index (κ1) is 14.3. The molecule has 1 rings (SSSR count). The van der Waals surface area contributed by atoms with Crippen molar-refractivity contribution >= 4 is 11.7 Å². The van der Waals surface area contributed by atoms with Crippen molar-refractivity contribution in [3.8, 4) is 0 Å². The highest BCUT2D eigenvalue weighted by Crippen LogP contribution is 2.15. The second kappa shape index (κ2) is 6.81. The van der Waals surface area contributed by atoms with Crippen LogP contribution in [0, 0.1) is 5.92 Å². The van der Waals surface area contributed by atoms with E-state index in [1.807, 2.05) is 37.3 Å². The summed E-state index contributed by atoms with van der Waals surface area (Å²) >= 11 is 0. The van der Waals surface area contributed by atoms with Crippen LogP contribution in [0.15, 0.2) is 42.5 Å². The SMILES string of the molecule is COC(=O)C(C)/C=C\C(C)N(O)c1ccccc1. The Bertz CT molecular complexity index is 403. The molecule has 4 nitrogen and oxygen atoms in total. The Morgan fingerprint density at radius 3 is 2.44 bits per heavy atom. The number of hydrogen-bond acceptors (Lipinski definition) is 4. The third-order valence-electron chi connectivity index (χ3n) is 2.66. The Balaban J connectivity index is 2.63. The highest BCUT2D eigenvalue weighted by atomic mass is 16.5. The standard InChI is InChI=1S/C14H19NO3/c1-11(14(16)18-3)9-10-12(2)15(17)13-7-5-4-6-8-13/h4-12,17H,1-3H3/b10-9-. The van der Waals surface area contributed by atoms with E-state index in [1.165, 1.54) is 7.11 Å². The van der Waals surface area contributed by atoms with Gasteiger partial charge in [-0.1, -0.05) is 30.4 Å². The molecular formula is C14H19NO3. The molecule has 2 unspecified atom stereocenters. The van der Waals surface area contributed by atoms with Gasteiger partial charge < -0.3 is 4.74 Å². The molecule has 0 aliphatic heterocycles. The van der Waals surface area contributed by atoms with E-state index in [-0.39, 0.29) is 17.9 Å². The summed E-state index contributed by atoms with van der Waals surface area (Å²) in [6, 6.07) is 9.00. The molecule has 0 heterocycles. The van der Waals surface area contributed by atoms with Crippen molar-refractivity contribution in [3.63, 3.8) is 0 Å². The van der Waals surface area contributed by atoms with Gasteiger partial charge in [0.2, 0.25) is 0 Å². The van der Waals surface area contributed by atoms with Crippen molar-refractivity contribution in [2.45, 2.75) is 19.9 Å². The van der Waals surface area contributed by atoms with Crippen molar-refractivity contribution in [2.75, 3.05) is 12.2 Å². The molecule has 0 aliphatic rings. The van der Waals surface area contributed by atoms with Crippen LogP contribution in [-0.4, -0.2) is 24.3 Å². The summed E-state index contributed by atoms with van der Waals surface area (Å²) in [4.78, 5) is 11.2. The Hall–Kier alpha value is -1.81. The smallest absolute Gasteiger partial charge is 0.312 e. The van der Waals surface area contributed by atoms with Gasteiger partial charge in [-0.2, -0.15) is 0 Å². The molecule has 98 valence electrons. The van der Waals surface area contributed by atoms with Gasteiger partial charge in [-0.05, 0) is 26.0 Å². The molecule has 0 bridgehead atoms. The van der Waals surface area contributed by atoms with Gasteiger partial charge in [-0.3, -0.25) is 15.1 Å². The van der Waals surface area contributed by atoms with Gasteiger partial charge in [0.1, 0.15) is 0 Å². The molecule has 4 heteroatoms. The van der Waals surface area contributed by atoms with Crippen molar-refractivity contribution in [2.24, 2.45) is 5.92 Å². The lowest BCUT2D eigenvalue weighted by Gasteiger charge is -2.22. The number of rotatable bonds is 5. The first-order chi connectivity index (χ1) is 8.56. The molecule has 1 aromatic carbocycles. The number of hydroxylamine groups is 1. The summed E-state index contributed by atoms with van der Waals surface area (Å²) < 4.78 is 4.62. The second-order valence-corrected chi connectivity index (χ2v) is 4.12. The summed E-state index contributed by atoms with van der Waals surface area (Å²) in [5, 5.41) is 11.1. The highest BCUT2D eigenvalue weighted by Gasteiger charge is 2.12. The molecule has 1 N–H and O–H groups in total. The molecule has 18 heavy (non-hydrogen) atoms. The maximum Gasteiger partial charge on any atom is 0.312 e. The molecule has 0 aliphatic carbocycles.